The van der Waals surface area contributed by atoms with Gasteiger partial charge in [0.1, 0.15) is 0 Å². The van der Waals surface area contributed by atoms with Crippen LogP contribution in [0, 0.1) is 0 Å². The van der Waals surface area contributed by atoms with Gasteiger partial charge in [-0.3, -0.25) is 4.98 Å². The van der Waals surface area contributed by atoms with Crippen molar-refractivity contribution in [3.05, 3.63) is 40.5 Å². The topological polar surface area (TPSA) is 45.1 Å². The second-order valence-electron chi connectivity index (χ2n) is 4.60. The lowest BCUT2D eigenvalue weighted by Gasteiger charge is -2.16. The first kappa shape index (κ1) is 14.4. The van der Waals surface area contributed by atoms with Crippen molar-refractivity contribution in [1.82, 2.24) is 10.3 Å². The molecular formula is C15H19BrN2O. The highest BCUT2D eigenvalue weighted by molar-refractivity contribution is 9.10. The van der Waals surface area contributed by atoms with Gasteiger partial charge in [-0.15, -0.1) is 0 Å². The van der Waals surface area contributed by atoms with E-state index in [1.165, 1.54) is 5.56 Å². The average molecular weight is 323 g/mol. The fraction of sp³-hybridized carbons (Fsp3) is 0.400. The molecule has 0 saturated heterocycles. The summed E-state index contributed by atoms with van der Waals surface area (Å²) in [4.78, 5) is 4.47. The molecule has 0 amide bonds. The van der Waals surface area contributed by atoms with E-state index in [0.29, 0.717) is 6.04 Å². The predicted molar refractivity (Wildman–Crippen MR) is 82.1 cm³/mol. The molecule has 0 fully saturated rings. The zero-order valence-electron chi connectivity index (χ0n) is 11.1. The molecule has 0 bridgehead atoms. The average Bonchev–Trinajstić information content (AvgIpc) is 2.45. The Bertz CT molecular complexity index is 545. The predicted octanol–water partition coefficient (Wildman–Crippen LogP) is 3.25. The van der Waals surface area contributed by atoms with Crippen LogP contribution in [-0.4, -0.2) is 22.7 Å². The number of hydrogen-bond donors (Lipinski definition) is 2. The molecule has 2 rings (SSSR count). The summed E-state index contributed by atoms with van der Waals surface area (Å²) in [6.07, 6.45) is 3.63. The van der Waals surface area contributed by atoms with Gasteiger partial charge in [0.25, 0.3) is 0 Å². The number of benzene rings is 1. The number of nitrogens with zero attached hydrogens (tertiary/aromatic N) is 1. The Morgan fingerprint density at radius 1 is 1.37 bits per heavy atom. The molecule has 1 aromatic heterocycles. The molecule has 2 N–H and O–H groups in total. The van der Waals surface area contributed by atoms with Crippen molar-refractivity contribution < 1.29 is 5.11 Å². The minimum Gasteiger partial charge on any atom is -0.396 e. The van der Waals surface area contributed by atoms with E-state index in [1.54, 1.807) is 0 Å². The number of pyridine rings is 1. The maximum atomic E-state index is 9.01. The third-order valence-electron chi connectivity index (χ3n) is 3.35. The summed E-state index contributed by atoms with van der Waals surface area (Å²) in [7, 11) is 0. The van der Waals surface area contributed by atoms with Crippen molar-refractivity contribution >= 4 is 26.8 Å². The minimum atomic E-state index is 0.227. The van der Waals surface area contributed by atoms with Crippen molar-refractivity contribution in [3.63, 3.8) is 0 Å². The summed E-state index contributed by atoms with van der Waals surface area (Å²) in [5.74, 6) is 0. The number of nitrogens with one attached hydrogen (secondary N) is 1. The lowest BCUT2D eigenvalue weighted by Crippen LogP contribution is -2.28. The molecule has 0 aliphatic carbocycles. The zero-order valence-corrected chi connectivity index (χ0v) is 12.7. The van der Waals surface area contributed by atoms with E-state index in [1.807, 2.05) is 12.3 Å². The standard InChI is InChI=1S/C15H19BrN2O/c1-2-12(7-9-19)18-10-11-5-6-14(16)13-4-3-8-17-15(11)13/h3-6,8,12,18-19H,2,7,9-10H2,1H3/t12-/m1/s1. The Morgan fingerprint density at radius 2 is 2.21 bits per heavy atom. The first-order valence-corrected chi connectivity index (χ1v) is 7.42. The number of fused-ring (bicyclic) bond motifs is 1. The zero-order chi connectivity index (χ0) is 13.7. The van der Waals surface area contributed by atoms with Crippen LogP contribution in [0.2, 0.25) is 0 Å². The van der Waals surface area contributed by atoms with Crippen molar-refractivity contribution in [1.29, 1.82) is 0 Å². The van der Waals surface area contributed by atoms with Crippen LogP contribution < -0.4 is 5.32 Å². The normalized spacial score (nSPS) is 12.8. The first-order valence-electron chi connectivity index (χ1n) is 6.62. The second kappa shape index (κ2) is 6.98. The van der Waals surface area contributed by atoms with Crippen LogP contribution in [0.25, 0.3) is 10.9 Å². The molecule has 19 heavy (non-hydrogen) atoms. The Balaban J connectivity index is 2.19. The number of rotatable bonds is 6. The molecule has 0 saturated carbocycles. The van der Waals surface area contributed by atoms with Gasteiger partial charge < -0.3 is 10.4 Å². The summed E-state index contributed by atoms with van der Waals surface area (Å²) >= 11 is 3.56. The fourth-order valence-corrected chi connectivity index (χ4v) is 2.65. The number of aliphatic hydroxyl groups excluding tert-OH is 1. The summed E-state index contributed by atoms with van der Waals surface area (Å²) in [5, 5.41) is 13.6. The van der Waals surface area contributed by atoms with E-state index in [4.69, 9.17) is 5.11 Å². The molecule has 0 unspecified atom stereocenters. The summed E-state index contributed by atoms with van der Waals surface area (Å²) in [5.41, 5.74) is 2.22. The van der Waals surface area contributed by atoms with Crippen molar-refractivity contribution in [2.75, 3.05) is 6.61 Å². The Kier molecular flexibility index (Phi) is 5.31. The SMILES string of the molecule is CC[C@H](CCO)NCc1ccc(Br)c2cccnc12. The van der Waals surface area contributed by atoms with Gasteiger partial charge in [0.15, 0.2) is 0 Å². The van der Waals surface area contributed by atoms with E-state index in [2.05, 4.69) is 51.4 Å². The van der Waals surface area contributed by atoms with Crippen molar-refractivity contribution in [3.8, 4) is 0 Å². The first-order chi connectivity index (χ1) is 9.26. The van der Waals surface area contributed by atoms with Gasteiger partial charge in [-0.1, -0.05) is 35.0 Å². The lowest BCUT2D eigenvalue weighted by molar-refractivity contribution is 0.262. The fourth-order valence-electron chi connectivity index (χ4n) is 2.20. The van der Waals surface area contributed by atoms with E-state index in [0.717, 1.165) is 34.8 Å². The number of halogens is 1. The van der Waals surface area contributed by atoms with Crippen LogP contribution in [0.15, 0.2) is 34.9 Å². The number of hydrogen-bond acceptors (Lipinski definition) is 3. The monoisotopic (exact) mass is 322 g/mol. The Hall–Kier alpha value is -0.970. The molecule has 0 aliphatic heterocycles. The van der Waals surface area contributed by atoms with E-state index >= 15 is 0 Å². The van der Waals surface area contributed by atoms with Gasteiger partial charge in [0, 0.05) is 35.2 Å². The van der Waals surface area contributed by atoms with Crippen LogP contribution in [0.4, 0.5) is 0 Å². The minimum absolute atomic E-state index is 0.227. The van der Waals surface area contributed by atoms with Crippen molar-refractivity contribution in [2.24, 2.45) is 0 Å². The second-order valence-corrected chi connectivity index (χ2v) is 5.46. The van der Waals surface area contributed by atoms with Crippen LogP contribution in [0.5, 0.6) is 0 Å². The quantitative estimate of drug-likeness (QED) is 0.858. The highest BCUT2D eigenvalue weighted by Crippen LogP contribution is 2.25. The van der Waals surface area contributed by atoms with Gasteiger partial charge in [-0.25, -0.2) is 0 Å². The van der Waals surface area contributed by atoms with Gasteiger partial charge >= 0.3 is 0 Å². The highest BCUT2D eigenvalue weighted by atomic mass is 79.9. The van der Waals surface area contributed by atoms with E-state index in [-0.39, 0.29) is 6.61 Å². The highest BCUT2D eigenvalue weighted by Gasteiger charge is 2.08. The maximum Gasteiger partial charge on any atom is 0.0758 e. The third kappa shape index (κ3) is 3.53. The molecular weight excluding hydrogens is 304 g/mol. The van der Waals surface area contributed by atoms with Gasteiger partial charge in [-0.05, 0) is 30.5 Å². The molecule has 0 radical (unpaired) electrons. The number of aliphatic hydroxyl groups is 1. The molecule has 1 aromatic carbocycles. The molecule has 2 aromatic rings. The molecule has 1 atom stereocenters. The number of aromatic nitrogens is 1. The molecule has 1 heterocycles. The van der Waals surface area contributed by atoms with E-state index < -0.39 is 0 Å². The molecule has 3 nitrogen and oxygen atoms in total. The van der Waals surface area contributed by atoms with Crippen LogP contribution in [-0.2, 0) is 6.54 Å². The third-order valence-corrected chi connectivity index (χ3v) is 4.04. The van der Waals surface area contributed by atoms with Gasteiger partial charge in [0.05, 0.1) is 5.52 Å². The lowest BCUT2D eigenvalue weighted by atomic mass is 10.1. The van der Waals surface area contributed by atoms with E-state index in [9.17, 15) is 0 Å². The molecule has 0 aliphatic rings. The van der Waals surface area contributed by atoms with Crippen LogP contribution in [0.3, 0.4) is 0 Å². The summed E-state index contributed by atoms with van der Waals surface area (Å²) in [6.45, 7) is 3.13. The molecule has 0 spiro atoms. The van der Waals surface area contributed by atoms with Crippen LogP contribution >= 0.6 is 15.9 Å². The van der Waals surface area contributed by atoms with Gasteiger partial charge in [-0.2, -0.15) is 0 Å². The molecule has 102 valence electrons. The summed E-state index contributed by atoms with van der Waals surface area (Å²) in [6, 6.07) is 8.53. The largest absolute Gasteiger partial charge is 0.396 e. The smallest absolute Gasteiger partial charge is 0.0758 e. The summed E-state index contributed by atoms with van der Waals surface area (Å²) < 4.78 is 1.07. The Labute approximate surface area is 122 Å². The van der Waals surface area contributed by atoms with Crippen molar-refractivity contribution in [2.45, 2.75) is 32.4 Å². The Morgan fingerprint density at radius 3 is 2.95 bits per heavy atom. The van der Waals surface area contributed by atoms with Crippen LogP contribution in [0.1, 0.15) is 25.3 Å². The van der Waals surface area contributed by atoms with Gasteiger partial charge in [0.2, 0.25) is 0 Å². The maximum absolute atomic E-state index is 9.01. The molecule has 4 heteroatoms.